The highest BCUT2D eigenvalue weighted by Gasteiger charge is 2.32. The van der Waals surface area contributed by atoms with Crippen molar-refractivity contribution in [3.8, 4) is 0 Å². The van der Waals surface area contributed by atoms with Gasteiger partial charge >= 0.3 is 0 Å². The molecule has 0 bridgehead atoms. The van der Waals surface area contributed by atoms with E-state index in [1.54, 1.807) is 13.8 Å². The fourth-order valence-corrected chi connectivity index (χ4v) is 1.74. The quantitative estimate of drug-likeness (QED) is 0.756. The number of piperidine rings is 1. The molecule has 0 aromatic rings. The first-order valence-electron chi connectivity index (χ1n) is 5.16. The maximum Gasteiger partial charge on any atom is 0.255 e. The molecule has 0 aliphatic carbocycles. The summed E-state index contributed by atoms with van der Waals surface area (Å²) in [5.41, 5.74) is -1.05. The lowest BCUT2D eigenvalue weighted by atomic mass is 9.99. The predicted octanol–water partition coefficient (Wildman–Crippen LogP) is 1.71. The first-order chi connectivity index (χ1) is 6.42. The van der Waals surface area contributed by atoms with Crippen LogP contribution < -0.4 is 5.32 Å². The van der Waals surface area contributed by atoms with Crippen molar-refractivity contribution >= 4 is 0 Å². The Labute approximate surface area is 84.7 Å². The molecule has 0 atom stereocenters. The number of hydrogen-bond acceptors (Lipinski definition) is 2. The summed E-state index contributed by atoms with van der Waals surface area (Å²) in [4.78, 5) is 2.23. The smallest absolute Gasteiger partial charge is 0.255 e. The molecule has 0 aromatic carbocycles. The van der Waals surface area contributed by atoms with Crippen molar-refractivity contribution in [2.24, 2.45) is 0 Å². The SMILES string of the molecule is CN1CCC(NC(C)(C)C(F)F)CC1. The first-order valence-corrected chi connectivity index (χ1v) is 5.16. The molecule has 0 spiro atoms. The molecule has 1 saturated heterocycles. The Balaban J connectivity index is 2.37. The molecule has 0 radical (unpaired) electrons. The Kier molecular flexibility index (Phi) is 3.84. The Morgan fingerprint density at radius 2 is 1.79 bits per heavy atom. The molecule has 0 saturated carbocycles. The van der Waals surface area contributed by atoms with Crippen LogP contribution in [0.15, 0.2) is 0 Å². The third-order valence-electron chi connectivity index (χ3n) is 2.84. The van der Waals surface area contributed by atoms with Crippen LogP contribution >= 0.6 is 0 Å². The molecule has 0 unspecified atom stereocenters. The van der Waals surface area contributed by atoms with E-state index in [1.807, 2.05) is 0 Å². The maximum atomic E-state index is 12.6. The third kappa shape index (κ3) is 3.17. The summed E-state index contributed by atoms with van der Waals surface area (Å²) in [5, 5.41) is 3.04. The molecule has 84 valence electrons. The molecule has 14 heavy (non-hydrogen) atoms. The van der Waals surface area contributed by atoms with E-state index in [0.717, 1.165) is 25.9 Å². The lowest BCUT2D eigenvalue weighted by Gasteiger charge is -2.35. The number of alkyl halides is 2. The second-order valence-corrected chi connectivity index (χ2v) is 4.74. The van der Waals surface area contributed by atoms with Crippen molar-refractivity contribution in [2.75, 3.05) is 20.1 Å². The van der Waals surface area contributed by atoms with Crippen molar-refractivity contribution in [3.63, 3.8) is 0 Å². The normalized spacial score (nSPS) is 21.9. The summed E-state index contributed by atoms with van der Waals surface area (Å²) in [5.74, 6) is 0. The van der Waals surface area contributed by atoms with Crippen LogP contribution in [0.5, 0.6) is 0 Å². The molecule has 1 rings (SSSR count). The van der Waals surface area contributed by atoms with Gasteiger partial charge in [0.25, 0.3) is 6.43 Å². The molecule has 1 fully saturated rings. The first kappa shape index (κ1) is 11.9. The van der Waals surface area contributed by atoms with Gasteiger partial charge in [0.15, 0.2) is 0 Å². The topological polar surface area (TPSA) is 15.3 Å². The molecule has 4 heteroatoms. The minimum absolute atomic E-state index is 0.246. The Morgan fingerprint density at radius 1 is 1.29 bits per heavy atom. The van der Waals surface area contributed by atoms with E-state index in [9.17, 15) is 8.78 Å². The van der Waals surface area contributed by atoms with E-state index < -0.39 is 12.0 Å². The number of likely N-dealkylation sites (tertiary alicyclic amines) is 1. The van der Waals surface area contributed by atoms with Crippen LogP contribution in [0.25, 0.3) is 0 Å². The second-order valence-electron chi connectivity index (χ2n) is 4.74. The molecule has 1 aliphatic rings. The molecule has 1 heterocycles. The number of nitrogens with zero attached hydrogens (tertiary/aromatic N) is 1. The van der Waals surface area contributed by atoms with Crippen molar-refractivity contribution in [1.82, 2.24) is 10.2 Å². The van der Waals surface area contributed by atoms with E-state index in [1.165, 1.54) is 0 Å². The molecule has 1 N–H and O–H groups in total. The largest absolute Gasteiger partial charge is 0.306 e. The number of nitrogens with one attached hydrogen (secondary N) is 1. The van der Waals surface area contributed by atoms with Gasteiger partial charge in [-0.25, -0.2) is 8.78 Å². The molecule has 0 amide bonds. The summed E-state index contributed by atoms with van der Waals surface area (Å²) in [6.45, 7) is 5.12. The van der Waals surface area contributed by atoms with Crippen LogP contribution in [0.2, 0.25) is 0 Å². The fraction of sp³-hybridized carbons (Fsp3) is 1.00. The Morgan fingerprint density at radius 3 is 2.21 bits per heavy atom. The third-order valence-corrected chi connectivity index (χ3v) is 2.84. The van der Waals surface area contributed by atoms with Crippen molar-refractivity contribution in [1.29, 1.82) is 0 Å². The zero-order valence-corrected chi connectivity index (χ0v) is 9.19. The summed E-state index contributed by atoms with van der Waals surface area (Å²) < 4.78 is 25.1. The maximum absolute atomic E-state index is 12.6. The standard InChI is InChI=1S/C10H20F2N2/c1-10(2,9(11)12)13-8-4-6-14(3)7-5-8/h8-9,13H,4-7H2,1-3H3. The molecule has 2 nitrogen and oxygen atoms in total. The second kappa shape index (κ2) is 4.53. The van der Waals surface area contributed by atoms with Crippen LogP contribution in [0, 0.1) is 0 Å². The minimum atomic E-state index is -2.30. The molecule has 0 aromatic heterocycles. The van der Waals surface area contributed by atoms with Crippen LogP contribution in [-0.2, 0) is 0 Å². The van der Waals surface area contributed by atoms with Crippen LogP contribution in [0.4, 0.5) is 8.78 Å². The van der Waals surface area contributed by atoms with Gasteiger partial charge in [-0.15, -0.1) is 0 Å². The van der Waals surface area contributed by atoms with Crippen molar-refractivity contribution in [3.05, 3.63) is 0 Å². The molecular formula is C10H20F2N2. The van der Waals surface area contributed by atoms with Crippen LogP contribution in [0.3, 0.4) is 0 Å². The lowest BCUT2D eigenvalue weighted by Crippen LogP contribution is -2.53. The lowest BCUT2D eigenvalue weighted by molar-refractivity contribution is 0.0376. The Bertz CT molecular complexity index is 175. The average molecular weight is 206 g/mol. The van der Waals surface area contributed by atoms with Gasteiger partial charge in [-0.2, -0.15) is 0 Å². The number of rotatable bonds is 3. The van der Waals surface area contributed by atoms with E-state index in [2.05, 4.69) is 17.3 Å². The number of hydrogen-bond donors (Lipinski definition) is 1. The highest BCUT2D eigenvalue weighted by molar-refractivity contribution is 4.87. The minimum Gasteiger partial charge on any atom is -0.306 e. The summed E-state index contributed by atoms with van der Waals surface area (Å²) in [6, 6.07) is 0.246. The van der Waals surface area contributed by atoms with E-state index in [4.69, 9.17) is 0 Å². The van der Waals surface area contributed by atoms with E-state index in [0.29, 0.717) is 0 Å². The van der Waals surface area contributed by atoms with Gasteiger partial charge in [-0.1, -0.05) is 0 Å². The van der Waals surface area contributed by atoms with Gasteiger partial charge in [0.05, 0.1) is 5.54 Å². The number of halogens is 2. The van der Waals surface area contributed by atoms with Crippen LogP contribution in [-0.4, -0.2) is 43.0 Å². The fourth-order valence-electron chi connectivity index (χ4n) is 1.74. The van der Waals surface area contributed by atoms with Crippen LogP contribution in [0.1, 0.15) is 26.7 Å². The zero-order valence-electron chi connectivity index (χ0n) is 9.19. The van der Waals surface area contributed by atoms with Gasteiger partial charge in [-0.3, -0.25) is 0 Å². The summed E-state index contributed by atoms with van der Waals surface area (Å²) >= 11 is 0. The van der Waals surface area contributed by atoms with E-state index in [-0.39, 0.29) is 6.04 Å². The average Bonchev–Trinajstić information content (AvgIpc) is 2.08. The van der Waals surface area contributed by atoms with Gasteiger partial charge in [0.1, 0.15) is 0 Å². The summed E-state index contributed by atoms with van der Waals surface area (Å²) in [7, 11) is 2.06. The van der Waals surface area contributed by atoms with Gasteiger partial charge < -0.3 is 10.2 Å². The van der Waals surface area contributed by atoms with Crippen molar-refractivity contribution in [2.45, 2.75) is 44.7 Å². The van der Waals surface area contributed by atoms with Gasteiger partial charge in [0.2, 0.25) is 0 Å². The zero-order chi connectivity index (χ0) is 10.8. The predicted molar refractivity (Wildman–Crippen MR) is 53.7 cm³/mol. The highest BCUT2D eigenvalue weighted by Crippen LogP contribution is 2.18. The molecular weight excluding hydrogens is 186 g/mol. The van der Waals surface area contributed by atoms with Crippen molar-refractivity contribution < 1.29 is 8.78 Å². The highest BCUT2D eigenvalue weighted by atomic mass is 19.3. The van der Waals surface area contributed by atoms with E-state index >= 15 is 0 Å². The Hall–Kier alpha value is -0.220. The van der Waals surface area contributed by atoms with Gasteiger partial charge in [-0.05, 0) is 46.8 Å². The van der Waals surface area contributed by atoms with Gasteiger partial charge in [0, 0.05) is 6.04 Å². The summed E-state index contributed by atoms with van der Waals surface area (Å²) in [6.07, 6.45) is -0.374. The monoisotopic (exact) mass is 206 g/mol. The molecule has 1 aliphatic heterocycles.